The first-order chi connectivity index (χ1) is 35.9. The highest BCUT2D eigenvalue weighted by molar-refractivity contribution is 7.92. The number of hydrogen-bond acceptors (Lipinski definition) is 15. The lowest BCUT2D eigenvalue weighted by molar-refractivity contribution is -0.136. The van der Waals surface area contributed by atoms with Crippen LogP contribution in [0.1, 0.15) is 136 Å². The standard InChI is InChI=1S/C54H68ClN9O10S/c1-33(2)74-44-30-38(35(5)29-41(44)60-54-58-31-39(55)50(62-54)59-40-16-10-11-18-45(40)75(71,72)34(3)4)36-21-26-63(27-22-36)28-23-46(65)56-24-12-8-6-7-9-13-25-57-48(67)32-73-43-17-14-15-37-49(43)53(70)64(52(37)69)42-19-20-47(66)61-51(42)68/h10-11,14-18,29-31,33-34,36,42H,6-9,12-13,19-28,32H2,1-5H3,(H,56,65)(H,57,67)(H,61,66,68)(H2,58,59,60,62). The van der Waals surface area contributed by atoms with Gasteiger partial charge in [-0.3, -0.25) is 39.0 Å². The molecule has 6 amide bonds. The number of anilines is 4. The van der Waals surface area contributed by atoms with Crippen LogP contribution < -0.4 is 36.1 Å². The van der Waals surface area contributed by atoms with E-state index in [1.807, 2.05) is 19.9 Å². The Morgan fingerprint density at radius 3 is 2.21 bits per heavy atom. The van der Waals surface area contributed by atoms with Crippen molar-refractivity contribution in [3.05, 3.63) is 88.1 Å². The molecule has 4 aromatic rings. The molecule has 7 rings (SSSR count). The van der Waals surface area contributed by atoms with E-state index in [0.717, 1.165) is 74.9 Å². The molecule has 21 heteroatoms. The fraction of sp³-hybridized carbons (Fsp3) is 0.481. The molecule has 0 saturated carbocycles. The Morgan fingerprint density at radius 1 is 0.827 bits per heavy atom. The molecule has 4 heterocycles. The second-order valence-electron chi connectivity index (χ2n) is 19.7. The number of carbonyl (C=O) groups excluding carboxylic acids is 6. The summed E-state index contributed by atoms with van der Waals surface area (Å²) in [5.74, 6) is -1.27. The van der Waals surface area contributed by atoms with Crippen molar-refractivity contribution in [1.82, 2.24) is 35.7 Å². The Labute approximate surface area is 443 Å². The van der Waals surface area contributed by atoms with E-state index in [0.29, 0.717) is 49.1 Å². The van der Waals surface area contributed by atoms with Gasteiger partial charge < -0.3 is 35.6 Å². The molecule has 2 fully saturated rings. The second-order valence-corrected chi connectivity index (χ2v) is 22.6. The fourth-order valence-corrected chi connectivity index (χ4v) is 10.8. The van der Waals surface area contributed by atoms with Crippen molar-refractivity contribution in [3.8, 4) is 11.5 Å². The van der Waals surface area contributed by atoms with Gasteiger partial charge in [0.1, 0.15) is 22.6 Å². The Hall–Kier alpha value is -6.64. The number of benzene rings is 3. The first kappa shape index (κ1) is 56.1. The first-order valence-corrected chi connectivity index (χ1v) is 27.8. The van der Waals surface area contributed by atoms with Gasteiger partial charge >= 0.3 is 0 Å². The molecule has 5 N–H and O–H groups in total. The summed E-state index contributed by atoms with van der Waals surface area (Å²) >= 11 is 6.51. The number of fused-ring (bicyclic) bond motifs is 1. The minimum absolute atomic E-state index is 0.00604. The molecule has 1 atom stereocenters. The lowest BCUT2D eigenvalue weighted by atomic mass is 9.86. The maximum absolute atomic E-state index is 13.3. The zero-order chi connectivity index (χ0) is 53.8. The Bertz CT molecular complexity index is 2870. The van der Waals surface area contributed by atoms with Crippen LogP contribution in [0.5, 0.6) is 11.5 Å². The number of rotatable bonds is 25. The highest BCUT2D eigenvalue weighted by atomic mass is 35.5. The Balaban J connectivity index is 0.766. The number of carbonyl (C=O) groups is 6. The number of hydrogen-bond donors (Lipinski definition) is 5. The zero-order valence-electron chi connectivity index (χ0n) is 43.3. The number of likely N-dealkylation sites (tertiary alicyclic amines) is 1. The van der Waals surface area contributed by atoms with Crippen LogP contribution in [0.25, 0.3) is 0 Å². The number of ether oxygens (including phenoxy) is 2. The predicted octanol–water partition coefficient (Wildman–Crippen LogP) is 7.52. The lowest BCUT2D eigenvalue weighted by Crippen LogP contribution is -2.54. The molecule has 1 aromatic heterocycles. The number of nitrogens with zero attached hydrogens (tertiary/aromatic N) is 4. The molecule has 402 valence electrons. The highest BCUT2D eigenvalue weighted by Gasteiger charge is 2.46. The highest BCUT2D eigenvalue weighted by Crippen LogP contribution is 2.39. The summed E-state index contributed by atoms with van der Waals surface area (Å²) in [6, 6.07) is 14.2. The zero-order valence-corrected chi connectivity index (χ0v) is 44.8. The molecule has 3 aliphatic rings. The summed E-state index contributed by atoms with van der Waals surface area (Å²) in [4.78, 5) is 88.0. The third-order valence-electron chi connectivity index (χ3n) is 13.5. The molecule has 0 aliphatic carbocycles. The number of nitrogens with one attached hydrogen (secondary N) is 5. The summed E-state index contributed by atoms with van der Waals surface area (Å²) in [6.45, 7) is 12.5. The number of aromatic nitrogens is 2. The van der Waals surface area contributed by atoms with E-state index in [2.05, 4.69) is 54.4 Å². The van der Waals surface area contributed by atoms with E-state index < -0.39 is 44.8 Å². The second kappa shape index (κ2) is 25.7. The van der Waals surface area contributed by atoms with Gasteiger partial charge in [-0.2, -0.15) is 4.98 Å². The average Bonchev–Trinajstić information content (AvgIpc) is 3.64. The van der Waals surface area contributed by atoms with E-state index in [1.165, 1.54) is 23.9 Å². The summed E-state index contributed by atoms with van der Waals surface area (Å²) in [5, 5.41) is 14.1. The minimum Gasteiger partial charge on any atom is -0.489 e. The van der Waals surface area contributed by atoms with Gasteiger partial charge in [-0.05, 0) is 133 Å². The van der Waals surface area contributed by atoms with Crippen LogP contribution in [0.4, 0.5) is 23.1 Å². The van der Waals surface area contributed by atoms with E-state index in [1.54, 1.807) is 44.2 Å². The molecule has 75 heavy (non-hydrogen) atoms. The number of halogens is 1. The maximum atomic E-state index is 13.3. The van der Waals surface area contributed by atoms with Gasteiger partial charge in [-0.1, -0.05) is 55.5 Å². The molecule has 1 unspecified atom stereocenters. The van der Waals surface area contributed by atoms with Crippen molar-refractivity contribution in [2.45, 2.75) is 133 Å². The van der Waals surface area contributed by atoms with E-state index >= 15 is 0 Å². The molecule has 0 radical (unpaired) electrons. The number of para-hydroxylation sites is 1. The lowest BCUT2D eigenvalue weighted by Gasteiger charge is -2.33. The average molecular weight is 1070 g/mol. The minimum atomic E-state index is -3.59. The van der Waals surface area contributed by atoms with Crippen molar-refractivity contribution in [1.29, 1.82) is 0 Å². The molecule has 0 bridgehead atoms. The van der Waals surface area contributed by atoms with Crippen LogP contribution in [0.2, 0.25) is 5.02 Å². The van der Waals surface area contributed by atoms with Crippen LogP contribution in [-0.2, 0) is 29.0 Å². The van der Waals surface area contributed by atoms with Crippen LogP contribution in [0.3, 0.4) is 0 Å². The third kappa shape index (κ3) is 14.4. The normalized spacial score (nSPS) is 16.3. The quantitative estimate of drug-likeness (QED) is 0.0318. The summed E-state index contributed by atoms with van der Waals surface area (Å²) in [6.07, 6.45) is 9.30. The van der Waals surface area contributed by atoms with Gasteiger partial charge in [-0.15, -0.1) is 0 Å². The molecular formula is C54H68ClN9O10S. The van der Waals surface area contributed by atoms with Gasteiger partial charge in [-0.25, -0.2) is 13.4 Å². The number of amides is 6. The number of piperidine rings is 2. The van der Waals surface area contributed by atoms with E-state index in [-0.39, 0.29) is 75.9 Å². The molecule has 0 spiro atoms. The van der Waals surface area contributed by atoms with E-state index in [4.69, 9.17) is 21.1 Å². The van der Waals surface area contributed by atoms with Crippen molar-refractivity contribution < 1.29 is 46.7 Å². The maximum Gasteiger partial charge on any atom is 0.266 e. The number of unbranched alkanes of at least 4 members (excludes halogenated alkanes) is 5. The topological polar surface area (TPSA) is 247 Å². The summed E-state index contributed by atoms with van der Waals surface area (Å²) in [7, 11) is -3.59. The van der Waals surface area contributed by atoms with Crippen molar-refractivity contribution in [2.24, 2.45) is 0 Å². The number of imide groups is 2. The number of aryl methyl sites for hydroxylation is 1. The smallest absolute Gasteiger partial charge is 0.266 e. The third-order valence-corrected chi connectivity index (χ3v) is 16.0. The number of sulfone groups is 1. The van der Waals surface area contributed by atoms with Crippen LogP contribution in [0, 0.1) is 6.92 Å². The Morgan fingerprint density at radius 2 is 1.52 bits per heavy atom. The molecule has 3 aromatic carbocycles. The van der Waals surface area contributed by atoms with Gasteiger partial charge in [0.25, 0.3) is 17.7 Å². The molecule has 19 nitrogen and oxygen atoms in total. The van der Waals surface area contributed by atoms with Crippen LogP contribution in [0.15, 0.2) is 65.7 Å². The van der Waals surface area contributed by atoms with Crippen LogP contribution in [-0.4, -0.2) is 120 Å². The Kier molecular flexibility index (Phi) is 19.2. The van der Waals surface area contributed by atoms with Gasteiger partial charge in [0.05, 0.1) is 44.9 Å². The van der Waals surface area contributed by atoms with E-state index in [9.17, 15) is 37.2 Å². The fourth-order valence-electron chi connectivity index (χ4n) is 9.45. The van der Waals surface area contributed by atoms with Gasteiger partial charge in [0.2, 0.25) is 23.7 Å². The van der Waals surface area contributed by atoms with Crippen molar-refractivity contribution in [2.75, 3.05) is 50.0 Å². The van der Waals surface area contributed by atoms with Crippen LogP contribution >= 0.6 is 11.6 Å². The largest absolute Gasteiger partial charge is 0.489 e. The predicted molar refractivity (Wildman–Crippen MR) is 285 cm³/mol. The summed E-state index contributed by atoms with van der Waals surface area (Å²) < 4.78 is 38.2. The molecular weight excluding hydrogens is 1000 g/mol. The molecule has 2 saturated heterocycles. The summed E-state index contributed by atoms with van der Waals surface area (Å²) in [5.41, 5.74) is 3.43. The van der Waals surface area contributed by atoms with Crippen molar-refractivity contribution >= 4 is 80.0 Å². The van der Waals surface area contributed by atoms with Gasteiger partial charge in [0.15, 0.2) is 22.3 Å². The first-order valence-electron chi connectivity index (χ1n) is 25.8. The van der Waals surface area contributed by atoms with Gasteiger partial charge in [0, 0.05) is 32.5 Å². The molecule has 3 aliphatic heterocycles. The SMILES string of the molecule is Cc1cc(Nc2ncc(Cl)c(Nc3ccccc3S(=O)(=O)C(C)C)n2)c(OC(C)C)cc1C1CCN(CCC(=O)NCCCCCCCCNC(=O)COc2cccc3c2C(=O)N(C2CCC(=O)NC2=O)C3=O)CC1. The van der Waals surface area contributed by atoms with Crippen molar-refractivity contribution in [3.63, 3.8) is 0 Å². The monoisotopic (exact) mass is 1070 g/mol.